The van der Waals surface area contributed by atoms with Gasteiger partial charge in [-0.2, -0.15) is 0 Å². The van der Waals surface area contributed by atoms with E-state index in [1.165, 1.54) is 13.0 Å². The number of hydrogen-bond acceptors (Lipinski definition) is 2. The zero-order chi connectivity index (χ0) is 8.97. The van der Waals surface area contributed by atoms with Gasteiger partial charge in [-0.1, -0.05) is 6.92 Å². The third-order valence-corrected chi connectivity index (χ3v) is 2.46. The molecular weight excluding hydrogens is 174 g/mol. The monoisotopic (exact) mass is 191 g/mol. The molecule has 1 aliphatic rings. The van der Waals surface area contributed by atoms with Crippen molar-refractivity contribution in [2.45, 2.75) is 32.5 Å². The molecular formula is C9H18ClNO. The van der Waals surface area contributed by atoms with Gasteiger partial charge in [-0.25, -0.2) is 0 Å². The van der Waals surface area contributed by atoms with Gasteiger partial charge in [-0.3, -0.25) is 4.90 Å². The zero-order valence-corrected chi connectivity index (χ0v) is 8.68. The highest BCUT2D eigenvalue weighted by Gasteiger charge is 2.23. The standard InChI is InChI=1S/C9H18ClNO/c1-3-4-11-6-8(2)12-9(5-10)7-11/h8-9H,3-7H2,1-2H3. The first-order valence-electron chi connectivity index (χ1n) is 4.70. The summed E-state index contributed by atoms with van der Waals surface area (Å²) in [5, 5.41) is 0. The van der Waals surface area contributed by atoms with Crippen molar-refractivity contribution in [2.75, 3.05) is 25.5 Å². The molecule has 2 nitrogen and oxygen atoms in total. The topological polar surface area (TPSA) is 12.5 Å². The average molecular weight is 192 g/mol. The second-order valence-electron chi connectivity index (χ2n) is 3.48. The number of ether oxygens (including phenoxy) is 1. The van der Waals surface area contributed by atoms with E-state index in [1.807, 2.05) is 0 Å². The molecule has 0 bridgehead atoms. The molecule has 1 rings (SSSR count). The Bertz CT molecular complexity index is 132. The van der Waals surface area contributed by atoms with Crippen molar-refractivity contribution in [2.24, 2.45) is 0 Å². The van der Waals surface area contributed by atoms with Crippen LogP contribution >= 0.6 is 11.6 Å². The summed E-state index contributed by atoms with van der Waals surface area (Å²) in [7, 11) is 0. The minimum Gasteiger partial charge on any atom is -0.371 e. The third kappa shape index (κ3) is 2.92. The van der Waals surface area contributed by atoms with E-state index in [1.54, 1.807) is 0 Å². The highest BCUT2D eigenvalue weighted by molar-refractivity contribution is 6.18. The molecule has 1 saturated heterocycles. The predicted octanol–water partition coefficient (Wildman–Crippen LogP) is 1.72. The van der Waals surface area contributed by atoms with Crippen LogP contribution in [0.4, 0.5) is 0 Å². The summed E-state index contributed by atoms with van der Waals surface area (Å²) in [4.78, 5) is 2.43. The molecule has 12 heavy (non-hydrogen) atoms. The van der Waals surface area contributed by atoms with Crippen LogP contribution in [0, 0.1) is 0 Å². The zero-order valence-electron chi connectivity index (χ0n) is 7.92. The summed E-state index contributed by atoms with van der Waals surface area (Å²) in [6.45, 7) is 7.54. The Labute approximate surface area is 79.8 Å². The molecule has 1 heterocycles. The van der Waals surface area contributed by atoms with Crippen molar-refractivity contribution < 1.29 is 4.74 Å². The predicted molar refractivity (Wildman–Crippen MR) is 51.8 cm³/mol. The molecule has 0 radical (unpaired) electrons. The maximum atomic E-state index is 5.76. The molecule has 1 aliphatic heterocycles. The Morgan fingerprint density at radius 2 is 2.25 bits per heavy atom. The van der Waals surface area contributed by atoms with Gasteiger partial charge >= 0.3 is 0 Å². The molecule has 1 fully saturated rings. The van der Waals surface area contributed by atoms with E-state index < -0.39 is 0 Å². The van der Waals surface area contributed by atoms with Crippen molar-refractivity contribution in [1.82, 2.24) is 4.90 Å². The maximum Gasteiger partial charge on any atom is 0.0841 e. The molecule has 0 aromatic rings. The van der Waals surface area contributed by atoms with E-state index in [0.717, 1.165) is 13.1 Å². The fourth-order valence-corrected chi connectivity index (χ4v) is 1.90. The minimum absolute atomic E-state index is 0.238. The van der Waals surface area contributed by atoms with Crippen LogP contribution in [0.25, 0.3) is 0 Å². The van der Waals surface area contributed by atoms with Gasteiger partial charge < -0.3 is 4.74 Å². The molecule has 3 heteroatoms. The number of alkyl halides is 1. The van der Waals surface area contributed by atoms with Gasteiger partial charge in [-0.15, -0.1) is 11.6 Å². The summed E-state index contributed by atoms with van der Waals surface area (Å²) < 4.78 is 5.64. The molecule has 0 spiro atoms. The highest BCUT2D eigenvalue weighted by atomic mass is 35.5. The minimum atomic E-state index is 0.238. The largest absolute Gasteiger partial charge is 0.371 e. The normalized spacial score (nSPS) is 32.2. The van der Waals surface area contributed by atoms with Crippen LogP contribution in [-0.4, -0.2) is 42.6 Å². The van der Waals surface area contributed by atoms with Gasteiger partial charge in [0.25, 0.3) is 0 Å². The first-order valence-corrected chi connectivity index (χ1v) is 5.23. The van der Waals surface area contributed by atoms with Crippen molar-refractivity contribution in [3.05, 3.63) is 0 Å². The van der Waals surface area contributed by atoms with E-state index in [-0.39, 0.29) is 6.10 Å². The van der Waals surface area contributed by atoms with Gasteiger partial charge in [-0.05, 0) is 19.9 Å². The van der Waals surface area contributed by atoms with Gasteiger partial charge in [0.05, 0.1) is 12.2 Å². The van der Waals surface area contributed by atoms with Crippen LogP contribution in [0.1, 0.15) is 20.3 Å². The smallest absolute Gasteiger partial charge is 0.0841 e. The van der Waals surface area contributed by atoms with Crippen LogP contribution in [-0.2, 0) is 4.74 Å². The molecule has 72 valence electrons. The summed E-state index contributed by atoms with van der Waals surface area (Å²) in [5.41, 5.74) is 0. The van der Waals surface area contributed by atoms with Gasteiger partial charge in [0.2, 0.25) is 0 Å². The van der Waals surface area contributed by atoms with Crippen molar-refractivity contribution >= 4 is 11.6 Å². The first-order chi connectivity index (χ1) is 5.76. The fourth-order valence-electron chi connectivity index (χ4n) is 1.72. The van der Waals surface area contributed by atoms with E-state index in [0.29, 0.717) is 12.0 Å². The number of hydrogen-bond donors (Lipinski definition) is 0. The number of rotatable bonds is 3. The second kappa shape index (κ2) is 5.05. The van der Waals surface area contributed by atoms with E-state index in [9.17, 15) is 0 Å². The summed E-state index contributed by atoms with van der Waals surface area (Å²) in [5.74, 6) is 0.616. The summed E-state index contributed by atoms with van der Waals surface area (Å²) >= 11 is 5.76. The number of nitrogens with zero attached hydrogens (tertiary/aromatic N) is 1. The Morgan fingerprint density at radius 3 is 2.83 bits per heavy atom. The van der Waals surface area contributed by atoms with Crippen LogP contribution in [0.2, 0.25) is 0 Å². The van der Waals surface area contributed by atoms with Crippen molar-refractivity contribution in [3.63, 3.8) is 0 Å². The van der Waals surface area contributed by atoms with Gasteiger partial charge in [0, 0.05) is 19.0 Å². The first kappa shape index (κ1) is 10.3. The van der Waals surface area contributed by atoms with Gasteiger partial charge in [0.1, 0.15) is 0 Å². The molecule has 0 N–H and O–H groups in total. The lowest BCUT2D eigenvalue weighted by Gasteiger charge is -2.35. The lowest BCUT2D eigenvalue weighted by atomic mass is 10.2. The lowest BCUT2D eigenvalue weighted by Crippen LogP contribution is -2.47. The molecule has 0 aliphatic carbocycles. The van der Waals surface area contributed by atoms with Crippen molar-refractivity contribution in [3.8, 4) is 0 Å². The number of halogens is 1. The van der Waals surface area contributed by atoms with Gasteiger partial charge in [0.15, 0.2) is 0 Å². The average Bonchev–Trinajstić information content (AvgIpc) is 2.04. The van der Waals surface area contributed by atoms with Crippen LogP contribution < -0.4 is 0 Å². The van der Waals surface area contributed by atoms with E-state index >= 15 is 0 Å². The lowest BCUT2D eigenvalue weighted by molar-refractivity contribution is -0.0661. The molecule has 0 saturated carbocycles. The fraction of sp³-hybridized carbons (Fsp3) is 1.00. The second-order valence-corrected chi connectivity index (χ2v) is 3.79. The Kier molecular flexibility index (Phi) is 4.33. The summed E-state index contributed by atoms with van der Waals surface area (Å²) in [6.07, 6.45) is 1.79. The van der Waals surface area contributed by atoms with E-state index in [2.05, 4.69) is 18.7 Å². The van der Waals surface area contributed by atoms with Crippen LogP contribution in [0.15, 0.2) is 0 Å². The maximum absolute atomic E-state index is 5.76. The number of morpholine rings is 1. The Morgan fingerprint density at radius 1 is 1.50 bits per heavy atom. The Balaban J connectivity index is 2.34. The third-order valence-electron chi connectivity index (χ3n) is 2.11. The highest BCUT2D eigenvalue weighted by Crippen LogP contribution is 2.12. The quantitative estimate of drug-likeness (QED) is 0.630. The van der Waals surface area contributed by atoms with Crippen molar-refractivity contribution in [1.29, 1.82) is 0 Å². The molecule has 0 aromatic heterocycles. The van der Waals surface area contributed by atoms with E-state index in [4.69, 9.17) is 16.3 Å². The summed E-state index contributed by atoms with van der Waals surface area (Å²) in [6, 6.07) is 0. The van der Waals surface area contributed by atoms with Crippen LogP contribution in [0.5, 0.6) is 0 Å². The molecule has 2 atom stereocenters. The van der Waals surface area contributed by atoms with Crippen LogP contribution in [0.3, 0.4) is 0 Å². The SMILES string of the molecule is CCCN1CC(C)OC(CCl)C1. The molecule has 0 amide bonds. The molecule has 2 unspecified atom stereocenters. The Hall–Kier alpha value is 0.210. The molecule has 0 aromatic carbocycles.